The lowest BCUT2D eigenvalue weighted by atomic mass is 10.2. The standard InChI is InChI=1S/C21H21ClN4O2/c1-13(2)28-17-8-6-16(7-9-17)25-21(27)19-11-24-20(12-23-19)26-18-10-15(22)5-4-14(18)3/h4-13H,1-3H3,(H,24,26)(H,25,27). The van der Waals surface area contributed by atoms with E-state index in [0.717, 1.165) is 17.0 Å². The third-order valence-corrected chi connectivity index (χ3v) is 4.07. The van der Waals surface area contributed by atoms with E-state index < -0.39 is 0 Å². The van der Waals surface area contributed by atoms with Crippen molar-refractivity contribution in [3.8, 4) is 5.75 Å². The summed E-state index contributed by atoms with van der Waals surface area (Å²) in [6.07, 6.45) is 3.03. The molecule has 0 aliphatic rings. The minimum Gasteiger partial charge on any atom is -0.491 e. The first-order valence-electron chi connectivity index (χ1n) is 8.84. The second-order valence-corrected chi connectivity index (χ2v) is 6.95. The van der Waals surface area contributed by atoms with E-state index in [-0.39, 0.29) is 17.7 Å². The van der Waals surface area contributed by atoms with Gasteiger partial charge < -0.3 is 15.4 Å². The summed E-state index contributed by atoms with van der Waals surface area (Å²) in [4.78, 5) is 20.8. The van der Waals surface area contributed by atoms with Gasteiger partial charge in [-0.05, 0) is 62.7 Å². The number of hydrogen-bond donors (Lipinski definition) is 2. The van der Waals surface area contributed by atoms with Gasteiger partial charge >= 0.3 is 0 Å². The van der Waals surface area contributed by atoms with Gasteiger partial charge in [0.2, 0.25) is 0 Å². The van der Waals surface area contributed by atoms with Crippen molar-refractivity contribution in [2.75, 3.05) is 10.6 Å². The van der Waals surface area contributed by atoms with E-state index in [9.17, 15) is 4.79 Å². The molecule has 3 aromatic rings. The van der Waals surface area contributed by atoms with Crippen molar-refractivity contribution in [2.45, 2.75) is 26.9 Å². The van der Waals surface area contributed by atoms with Crippen LogP contribution in [0.2, 0.25) is 5.02 Å². The van der Waals surface area contributed by atoms with Crippen LogP contribution in [-0.2, 0) is 0 Å². The molecule has 2 aromatic carbocycles. The van der Waals surface area contributed by atoms with Crippen molar-refractivity contribution in [3.63, 3.8) is 0 Å². The van der Waals surface area contributed by atoms with Crippen LogP contribution in [0.15, 0.2) is 54.9 Å². The predicted octanol–water partition coefficient (Wildman–Crippen LogP) is 5.22. The van der Waals surface area contributed by atoms with Crippen LogP contribution in [0.4, 0.5) is 17.2 Å². The minimum atomic E-state index is -0.337. The molecule has 2 N–H and O–H groups in total. The Labute approximate surface area is 168 Å². The number of benzene rings is 2. The largest absolute Gasteiger partial charge is 0.491 e. The summed E-state index contributed by atoms with van der Waals surface area (Å²) in [6, 6.07) is 12.7. The maximum atomic E-state index is 12.4. The Morgan fingerprint density at radius 3 is 2.46 bits per heavy atom. The summed E-state index contributed by atoms with van der Waals surface area (Å²) in [5.74, 6) is 0.937. The van der Waals surface area contributed by atoms with Crippen molar-refractivity contribution >= 4 is 34.7 Å². The van der Waals surface area contributed by atoms with Crippen molar-refractivity contribution in [3.05, 3.63) is 71.1 Å². The van der Waals surface area contributed by atoms with Crippen molar-refractivity contribution in [2.24, 2.45) is 0 Å². The predicted molar refractivity (Wildman–Crippen MR) is 112 cm³/mol. The Hall–Kier alpha value is -3.12. The first-order valence-corrected chi connectivity index (χ1v) is 9.22. The van der Waals surface area contributed by atoms with Gasteiger partial charge in [0, 0.05) is 16.4 Å². The van der Waals surface area contributed by atoms with E-state index in [2.05, 4.69) is 20.6 Å². The molecule has 6 nitrogen and oxygen atoms in total. The van der Waals surface area contributed by atoms with E-state index in [4.69, 9.17) is 16.3 Å². The molecule has 7 heteroatoms. The fourth-order valence-corrected chi connectivity index (χ4v) is 2.63. The van der Waals surface area contributed by atoms with Crippen LogP contribution in [0.5, 0.6) is 5.75 Å². The highest BCUT2D eigenvalue weighted by Gasteiger charge is 2.10. The lowest BCUT2D eigenvalue weighted by molar-refractivity contribution is 0.102. The molecular formula is C21H21ClN4O2. The van der Waals surface area contributed by atoms with Gasteiger partial charge in [-0.25, -0.2) is 9.97 Å². The topological polar surface area (TPSA) is 76.1 Å². The molecule has 1 aromatic heterocycles. The summed E-state index contributed by atoms with van der Waals surface area (Å²) in [5.41, 5.74) is 2.73. The molecule has 0 fully saturated rings. The van der Waals surface area contributed by atoms with E-state index in [1.807, 2.05) is 51.1 Å². The Balaban J connectivity index is 1.64. The third-order valence-electron chi connectivity index (χ3n) is 3.83. The number of aromatic nitrogens is 2. The third kappa shape index (κ3) is 5.20. The lowest BCUT2D eigenvalue weighted by Gasteiger charge is -2.11. The molecule has 0 saturated carbocycles. The first-order chi connectivity index (χ1) is 13.4. The number of ether oxygens (including phenoxy) is 1. The maximum absolute atomic E-state index is 12.4. The Kier molecular flexibility index (Phi) is 6.11. The van der Waals surface area contributed by atoms with Crippen LogP contribution < -0.4 is 15.4 Å². The number of carbonyl (C=O) groups excluding carboxylic acids is 1. The van der Waals surface area contributed by atoms with Gasteiger partial charge in [0.05, 0.1) is 18.5 Å². The molecule has 1 heterocycles. The number of halogens is 1. The summed E-state index contributed by atoms with van der Waals surface area (Å²) in [7, 11) is 0. The van der Waals surface area contributed by atoms with Crippen molar-refractivity contribution in [1.29, 1.82) is 0 Å². The number of hydrogen-bond acceptors (Lipinski definition) is 5. The first kappa shape index (κ1) is 19.6. The molecule has 3 rings (SSSR count). The summed E-state index contributed by atoms with van der Waals surface area (Å²) in [6.45, 7) is 5.88. The monoisotopic (exact) mass is 396 g/mol. The van der Waals surface area contributed by atoms with E-state index in [0.29, 0.717) is 16.5 Å². The molecule has 0 spiro atoms. The second-order valence-electron chi connectivity index (χ2n) is 6.52. The zero-order valence-corrected chi connectivity index (χ0v) is 16.6. The van der Waals surface area contributed by atoms with E-state index in [1.54, 1.807) is 12.1 Å². The number of carbonyl (C=O) groups is 1. The Morgan fingerprint density at radius 2 is 1.82 bits per heavy atom. The fraction of sp³-hybridized carbons (Fsp3) is 0.190. The number of amides is 1. The van der Waals surface area contributed by atoms with Gasteiger partial charge in [-0.2, -0.15) is 0 Å². The summed E-state index contributed by atoms with van der Waals surface area (Å²) >= 11 is 6.02. The highest BCUT2D eigenvalue weighted by Crippen LogP contribution is 2.23. The van der Waals surface area contributed by atoms with Crippen LogP contribution >= 0.6 is 11.6 Å². The van der Waals surface area contributed by atoms with Gasteiger partial charge in [0.15, 0.2) is 0 Å². The van der Waals surface area contributed by atoms with Gasteiger partial charge in [-0.1, -0.05) is 17.7 Å². The molecule has 0 bridgehead atoms. The average Bonchev–Trinajstić information content (AvgIpc) is 2.66. The molecule has 28 heavy (non-hydrogen) atoms. The van der Waals surface area contributed by atoms with Crippen LogP contribution in [0.3, 0.4) is 0 Å². The van der Waals surface area contributed by atoms with E-state index >= 15 is 0 Å². The van der Waals surface area contributed by atoms with Crippen LogP contribution in [0.25, 0.3) is 0 Å². The fourth-order valence-electron chi connectivity index (χ4n) is 2.46. The highest BCUT2D eigenvalue weighted by atomic mass is 35.5. The molecule has 0 radical (unpaired) electrons. The van der Waals surface area contributed by atoms with Crippen molar-refractivity contribution < 1.29 is 9.53 Å². The number of aryl methyl sites for hydroxylation is 1. The van der Waals surface area contributed by atoms with E-state index in [1.165, 1.54) is 12.4 Å². The van der Waals surface area contributed by atoms with Crippen LogP contribution in [0, 0.1) is 6.92 Å². The van der Waals surface area contributed by atoms with Crippen molar-refractivity contribution in [1.82, 2.24) is 9.97 Å². The molecule has 1 amide bonds. The molecule has 0 unspecified atom stereocenters. The zero-order valence-electron chi connectivity index (χ0n) is 15.9. The molecule has 0 saturated heterocycles. The average molecular weight is 397 g/mol. The molecule has 0 aliphatic heterocycles. The SMILES string of the molecule is Cc1ccc(Cl)cc1Nc1cnc(C(=O)Nc2ccc(OC(C)C)cc2)cn1. The Bertz CT molecular complexity index is 957. The number of anilines is 3. The minimum absolute atomic E-state index is 0.0959. The number of nitrogens with zero attached hydrogens (tertiary/aromatic N) is 2. The highest BCUT2D eigenvalue weighted by molar-refractivity contribution is 6.30. The van der Waals surface area contributed by atoms with Crippen LogP contribution in [0.1, 0.15) is 29.9 Å². The van der Waals surface area contributed by atoms with Crippen LogP contribution in [-0.4, -0.2) is 22.0 Å². The van der Waals surface area contributed by atoms with Gasteiger partial charge in [-0.15, -0.1) is 0 Å². The maximum Gasteiger partial charge on any atom is 0.275 e. The summed E-state index contributed by atoms with van der Waals surface area (Å²) < 4.78 is 5.59. The second kappa shape index (κ2) is 8.71. The molecule has 0 aliphatic carbocycles. The summed E-state index contributed by atoms with van der Waals surface area (Å²) in [5, 5.41) is 6.56. The number of nitrogens with one attached hydrogen (secondary N) is 2. The lowest BCUT2D eigenvalue weighted by Crippen LogP contribution is -2.14. The quantitative estimate of drug-likeness (QED) is 0.597. The smallest absolute Gasteiger partial charge is 0.275 e. The van der Waals surface area contributed by atoms with Gasteiger partial charge in [0.1, 0.15) is 17.3 Å². The Morgan fingerprint density at radius 1 is 1.07 bits per heavy atom. The number of rotatable bonds is 6. The molecule has 0 atom stereocenters. The van der Waals surface area contributed by atoms with Gasteiger partial charge in [0.25, 0.3) is 5.91 Å². The van der Waals surface area contributed by atoms with Gasteiger partial charge in [-0.3, -0.25) is 4.79 Å². The molecular weight excluding hydrogens is 376 g/mol. The normalized spacial score (nSPS) is 10.6. The zero-order chi connectivity index (χ0) is 20.1. The molecule has 144 valence electrons.